The highest BCUT2D eigenvalue weighted by Gasteiger charge is 2.06. The van der Waals surface area contributed by atoms with Gasteiger partial charge in [0.05, 0.1) is 22.5 Å². The average molecular weight is 356 g/mol. The van der Waals surface area contributed by atoms with Gasteiger partial charge in [0, 0.05) is 16.2 Å². The Hall–Kier alpha value is -1.39. The van der Waals surface area contributed by atoms with Crippen molar-refractivity contribution in [2.75, 3.05) is 11.1 Å². The summed E-state index contributed by atoms with van der Waals surface area (Å²) < 4.78 is 6.61. The second-order valence-corrected chi connectivity index (χ2v) is 5.99. The lowest BCUT2D eigenvalue weighted by atomic mass is 10.2. The fourth-order valence-corrected chi connectivity index (χ4v) is 2.44. The number of anilines is 3. The van der Waals surface area contributed by atoms with Crippen molar-refractivity contribution in [3.63, 3.8) is 0 Å². The van der Waals surface area contributed by atoms with Gasteiger partial charge < -0.3 is 15.8 Å². The summed E-state index contributed by atoms with van der Waals surface area (Å²) in [6.07, 6.45) is 0.0730. The number of rotatable bonds is 4. The molecule has 0 aliphatic heterocycles. The number of nitrogen functional groups attached to an aromatic ring is 1. The zero-order chi connectivity index (χ0) is 14.7. The Kier molecular flexibility index (Phi) is 4.78. The van der Waals surface area contributed by atoms with E-state index in [1.807, 2.05) is 50.2 Å². The van der Waals surface area contributed by atoms with Gasteiger partial charge in [-0.2, -0.15) is 0 Å². The van der Waals surface area contributed by atoms with Crippen LogP contribution in [-0.2, 0) is 0 Å². The number of hydrogen-bond acceptors (Lipinski definition) is 3. The van der Waals surface area contributed by atoms with Crippen LogP contribution in [0.4, 0.5) is 17.1 Å². The molecule has 0 aliphatic rings. The van der Waals surface area contributed by atoms with Gasteiger partial charge in [-0.3, -0.25) is 0 Å². The largest absolute Gasteiger partial charge is 0.489 e. The van der Waals surface area contributed by atoms with E-state index in [1.54, 1.807) is 0 Å². The molecule has 0 saturated heterocycles. The van der Waals surface area contributed by atoms with Crippen molar-refractivity contribution in [2.45, 2.75) is 20.0 Å². The van der Waals surface area contributed by atoms with Crippen molar-refractivity contribution in [2.24, 2.45) is 0 Å². The van der Waals surface area contributed by atoms with E-state index in [1.165, 1.54) is 0 Å². The van der Waals surface area contributed by atoms with Gasteiger partial charge in [0.25, 0.3) is 0 Å². The molecular weight excluding hydrogens is 340 g/mol. The smallest absolute Gasteiger partial charge is 0.144 e. The third-order valence-corrected chi connectivity index (χ3v) is 3.39. The van der Waals surface area contributed by atoms with E-state index >= 15 is 0 Å². The lowest BCUT2D eigenvalue weighted by Crippen LogP contribution is -2.07. The molecule has 20 heavy (non-hydrogen) atoms. The minimum atomic E-state index is 0.0730. The normalized spacial score (nSPS) is 10.7. The monoisotopic (exact) mass is 354 g/mol. The Bertz CT molecular complexity index is 617. The fraction of sp³-hybridized carbons (Fsp3) is 0.200. The summed E-state index contributed by atoms with van der Waals surface area (Å²) in [5.41, 5.74) is 8.22. The van der Waals surface area contributed by atoms with E-state index in [4.69, 9.17) is 22.1 Å². The molecule has 5 heteroatoms. The first-order valence-electron chi connectivity index (χ1n) is 6.24. The number of benzene rings is 2. The maximum atomic E-state index is 6.19. The predicted molar refractivity (Wildman–Crippen MR) is 89.1 cm³/mol. The summed E-state index contributed by atoms with van der Waals surface area (Å²) in [5.74, 6) is 0.665. The Morgan fingerprint density at radius 2 is 1.95 bits per heavy atom. The molecule has 2 aromatic carbocycles. The van der Waals surface area contributed by atoms with Crippen LogP contribution in [0.15, 0.2) is 40.9 Å². The Labute approximate surface area is 132 Å². The molecular formula is C15H16BrClN2O. The molecule has 2 aromatic rings. The predicted octanol–water partition coefficient (Wildman–Crippen LogP) is 5.22. The molecule has 0 saturated carbocycles. The van der Waals surface area contributed by atoms with Crippen molar-refractivity contribution in [1.82, 2.24) is 0 Å². The van der Waals surface area contributed by atoms with Gasteiger partial charge in [-0.15, -0.1) is 0 Å². The number of nitrogens with one attached hydrogen (secondary N) is 1. The van der Waals surface area contributed by atoms with Crippen LogP contribution in [0.2, 0.25) is 5.02 Å². The second kappa shape index (κ2) is 6.37. The summed E-state index contributed by atoms with van der Waals surface area (Å²) in [7, 11) is 0. The quantitative estimate of drug-likeness (QED) is 0.740. The van der Waals surface area contributed by atoms with E-state index in [0.717, 1.165) is 15.8 Å². The first kappa shape index (κ1) is 15.0. The summed E-state index contributed by atoms with van der Waals surface area (Å²) in [5, 5.41) is 3.89. The highest BCUT2D eigenvalue weighted by molar-refractivity contribution is 9.10. The number of ether oxygens (including phenoxy) is 1. The lowest BCUT2D eigenvalue weighted by molar-refractivity contribution is 0.244. The molecule has 0 atom stereocenters. The second-order valence-electron chi connectivity index (χ2n) is 4.67. The summed E-state index contributed by atoms with van der Waals surface area (Å²) in [4.78, 5) is 0. The van der Waals surface area contributed by atoms with Gasteiger partial charge in [-0.1, -0.05) is 27.5 Å². The van der Waals surface area contributed by atoms with Crippen molar-refractivity contribution in [3.05, 3.63) is 45.9 Å². The standard InChI is InChI=1S/C15H16BrClN2O/c1-9(2)20-15-8-11(4-5-13(15)18)19-14-6-3-10(16)7-12(14)17/h3-9,19H,18H2,1-2H3. The fourth-order valence-electron chi connectivity index (χ4n) is 1.71. The number of hydrogen-bond donors (Lipinski definition) is 2. The summed E-state index contributed by atoms with van der Waals surface area (Å²) in [6, 6.07) is 11.2. The van der Waals surface area contributed by atoms with E-state index in [-0.39, 0.29) is 6.10 Å². The zero-order valence-electron chi connectivity index (χ0n) is 11.3. The maximum Gasteiger partial charge on any atom is 0.144 e. The minimum Gasteiger partial charge on any atom is -0.489 e. The molecule has 3 nitrogen and oxygen atoms in total. The van der Waals surface area contributed by atoms with Gasteiger partial charge in [-0.25, -0.2) is 0 Å². The highest BCUT2D eigenvalue weighted by Crippen LogP contribution is 2.32. The Morgan fingerprint density at radius 1 is 1.20 bits per heavy atom. The molecule has 2 rings (SSSR count). The third-order valence-electron chi connectivity index (χ3n) is 2.59. The highest BCUT2D eigenvalue weighted by atomic mass is 79.9. The van der Waals surface area contributed by atoms with Gasteiger partial charge in [0.1, 0.15) is 5.75 Å². The zero-order valence-corrected chi connectivity index (χ0v) is 13.6. The molecule has 0 unspecified atom stereocenters. The van der Waals surface area contributed by atoms with Gasteiger partial charge >= 0.3 is 0 Å². The Balaban J connectivity index is 2.25. The van der Waals surface area contributed by atoms with Crippen LogP contribution in [0.25, 0.3) is 0 Å². The number of halogens is 2. The van der Waals surface area contributed by atoms with Gasteiger partial charge in [0.2, 0.25) is 0 Å². The molecule has 0 fully saturated rings. The molecule has 3 N–H and O–H groups in total. The molecule has 0 spiro atoms. The van der Waals surface area contributed by atoms with Crippen LogP contribution < -0.4 is 15.8 Å². The van der Waals surface area contributed by atoms with E-state index < -0.39 is 0 Å². The van der Waals surface area contributed by atoms with Crippen LogP contribution in [0, 0.1) is 0 Å². The Morgan fingerprint density at radius 3 is 2.60 bits per heavy atom. The molecule has 0 amide bonds. The van der Waals surface area contributed by atoms with Crippen molar-refractivity contribution >= 4 is 44.6 Å². The molecule has 0 bridgehead atoms. The summed E-state index contributed by atoms with van der Waals surface area (Å²) >= 11 is 9.57. The molecule has 106 valence electrons. The first-order chi connectivity index (χ1) is 9.45. The van der Waals surface area contributed by atoms with Crippen molar-refractivity contribution < 1.29 is 4.74 Å². The van der Waals surface area contributed by atoms with Crippen LogP contribution in [-0.4, -0.2) is 6.10 Å². The molecule has 0 aromatic heterocycles. The molecule has 0 radical (unpaired) electrons. The number of nitrogens with two attached hydrogens (primary N) is 1. The maximum absolute atomic E-state index is 6.19. The van der Waals surface area contributed by atoms with E-state index in [2.05, 4.69) is 21.2 Å². The minimum absolute atomic E-state index is 0.0730. The van der Waals surface area contributed by atoms with Crippen LogP contribution in [0.3, 0.4) is 0 Å². The topological polar surface area (TPSA) is 47.3 Å². The summed E-state index contributed by atoms with van der Waals surface area (Å²) in [6.45, 7) is 3.93. The lowest BCUT2D eigenvalue weighted by Gasteiger charge is -2.15. The van der Waals surface area contributed by atoms with E-state index in [9.17, 15) is 0 Å². The average Bonchev–Trinajstić information content (AvgIpc) is 2.36. The van der Waals surface area contributed by atoms with Crippen LogP contribution in [0.5, 0.6) is 5.75 Å². The SMILES string of the molecule is CC(C)Oc1cc(Nc2ccc(Br)cc2Cl)ccc1N. The van der Waals surface area contributed by atoms with E-state index in [0.29, 0.717) is 16.5 Å². The van der Waals surface area contributed by atoms with Crippen molar-refractivity contribution in [1.29, 1.82) is 0 Å². The van der Waals surface area contributed by atoms with Crippen LogP contribution in [0.1, 0.15) is 13.8 Å². The van der Waals surface area contributed by atoms with Gasteiger partial charge in [0.15, 0.2) is 0 Å². The van der Waals surface area contributed by atoms with Gasteiger partial charge in [-0.05, 0) is 44.2 Å². The third kappa shape index (κ3) is 3.81. The molecule has 0 aliphatic carbocycles. The molecule has 0 heterocycles. The van der Waals surface area contributed by atoms with Crippen molar-refractivity contribution in [3.8, 4) is 5.75 Å². The van der Waals surface area contributed by atoms with Crippen LogP contribution >= 0.6 is 27.5 Å². The first-order valence-corrected chi connectivity index (χ1v) is 7.41.